The van der Waals surface area contributed by atoms with Gasteiger partial charge in [-0.1, -0.05) is 23.5 Å². The summed E-state index contributed by atoms with van der Waals surface area (Å²) >= 11 is 0.984. The van der Waals surface area contributed by atoms with Crippen molar-refractivity contribution >= 4 is 28.5 Å². The second kappa shape index (κ2) is 7.49. The highest BCUT2D eigenvalue weighted by molar-refractivity contribution is 7.16. The maximum absolute atomic E-state index is 12.2. The van der Waals surface area contributed by atoms with Crippen molar-refractivity contribution in [2.75, 3.05) is 0 Å². The molecule has 0 atom stereocenters. The van der Waals surface area contributed by atoms with Crippen molar-refractivity contribution in [1.29, 1.82) is 0 Å². The lowest BCUT2D eigenvalue weighted by molar-refractivity contribution is -0.380. The first-order valence-electron chi connectivity index (χ1n) is 7.26. The second-order valence-corrected chi connectivity index (χ2v) is 6.13. The fourth-order valence-electron chi connectivity index (χ4n) is 2.12. The highest BCUT2D eigenvalue weighted by Crippen LogP contribution is 2.22. The molecular weight excluding hydrogens is 342 g/mol. The molecule has 126 valence electrons. The number of carbonyl (C=O) groups is 1. The molecule has 9 heteroatoms. The Morgan fingerprint density at radius 3 is 2.96 bits per heavy atom. The normalized spacial score (nSPS) is 10.9. The zero-order chi connectivity index (χ0) is 17.6. The summed E-state index contributed by atoms with van der Waals surface area (Å²) < 4.78 is 1.76. The fraction of sp³-hybridized carbons (Fsp3) is 0.0625. The van der Waals surface area contributed by atoms with Gasteiger partial charge in [-0.25, -0.2) is 5.43 Å². The van der Waals surface area contributed by atoms with E-state index >= 15 is 0 Å². The summed E-state index contributed by atoms with van der Waals surface area (Å²) in [5.74, 6) is -0.357. The number of nitrogens with one attached hydrogen (secondary N) is 1. The summed E-state index contributed by atoms with van der Waals surface area (Å²) in [4.78, 5) is 22.9. The van der Waals surface area contributed by atoms with Crippen molar-refractivity contribution in [2.45, 2.75) is 6.54 Å². The standard InChI is InChI=1S/C16H13N5O3S/c22-16(19-17-10-14-5-6-15(25-14)21(23)24)13-4-1-3-12(9-13)11-20-8-2-7-18-20/h1-10H,11H2,(H,19,22)/b17-10-. The monoisotopic (exact) mass is 355 g/mol. The van der Waals surface area contributed by atoms with E-state index < -0.39 is 4.92 Å². The van der Waals surface area contributed by atoms with Gasteiger partial charge in [0.05, 0.1) is 22.6 Å². The van der Waals surface area contributed by atoms with Crippen LogP contribution in [0.15, 0.2) is 60.0 Å². The van der Waals surface area contributed by atoms with Crippen LogP contribution >= 0.6 is 11.3 Å². The number of carbonyl (C=O) groups excluding carboxylic acids is 1. The molecule has 25 heavy (non-hydrogen) atoms. The van der Waals surface area contributed by atoms with Crippen LogP contribution in [0.25, 0.3) is 0 Å². The van der Waals surface area contributed by atoms with E-state index in [1.54, 1.807) is 35.1 Å². The summed E-state index contributed by atoms with van der Waals surface area (Å²) in [6.45, 7) is 0.566. The Kier molecular flexibility index (Phi) is 4.95. The van der Waals surface area contributed by atoms with Gasteiger partial charge in [-0.15, -0.1) is 0 Å². The molecule has 0 unspecified atom stereocenters. The zero-order valence-corrected chi connectivity index (χ0v) is 13.7. The number of hydrazone groups is 1. The van der Waals surface area contributed by atoms with Gasteiger partial charge in [0.2, 0.25) is 0 Å². The Labute approximate surface area is 146 Å². The topological polar surface area (TPSA) is 102 Å². The van der Waals surface area contributed by atoms with Crippen molar-refractivity contribution in [2.24, 2.45) is 5.10 Å². The third kappa shape index (κ3) is 4.36. The van der Waals surface area contributed by atoms with Crippen molar-refractivity contribution in [3.05, 3.63) is 81.0 Å². The molecule has 0 radical (unpaired) electrons. The second-order valence-electron chi connectivity index (χ2n) is 5.04. The average molecular weight is 355 g/mol. The van der Waals surface area contributed by atoms with Crippen LogP contribution in [0.1, 0.15) is 20.8 Å². The Hall–Kier alpha value is -3.33. The first-order valence-corrected chi connectivity index (χ1v) is 8.07. The lowest BCUT2D eigenvalue weighted by Crippen LogP contribution is -2.17. The van der Waals surface area contributed by atoms with Gasteiger partial charge in [0.1, 0.15) is 0 Å². The number of aromatic nitrogens is 2. The van der Waals surface area contributed by atoms with E-state index in [1.807, 2.05) is 18.3 Å². The molecule has 2 heterocycles. The number of amides is 1. The molecule has 0 fully saturated rings. The van der Waals surface area contributed by atoms with Crippen LogP contribution < -0.4 is 5.43 Å². The van der Waals surface area contributed by atoms with Crippen LogP contribution in [0.4, 0.5) is 5.00 Å². The largest absolute Gasteiger partial charge is 0.324 e. The van der Waals surface area contributed by atoms with Gasteiger partial charge in [-0.05, 0) is 29.8 Å². The molecule has 0 saturated carbocycles. The summed E-state index contributed by atoms with van der Waals surface area (Å²) in [6.07, 6.45) is 4.92. The molecule has 1 amide bonds. The average Bonchev–Trinajstić information content (AvgIpc) is 3.27. The van der Waals surface area contributed by atoms with Gasteiger partial charge in [-0.2, -0.15) is 10.2 Å². The predicted molar refractivity (Wildman–Crippen MR) is 93.8 cm³/mol. The van der Waals surface area contributed by atoms with E-state index in [2.05, 4.69) is 15.6 Å². The number of nitro groups is 1. The van der Waals surface area contributed by atoms with Crippen LogP contribution in [0.5, 0.6) is 0 Å². The Morgan fingerprint density at radius 1 is 1.36 bits per heavy atom. The Bertz CT molecular complexity index is 918. The van der Waals surface area contributed by atoms with E-state index in [-0.39, 0.29) is 10.9 Å². The molecule has 0 spiro atoms. The number of rotatable bonds is 6. The number of hydrogen-bond acceptors (Lipinski definition) is 6. The van der Waals surface area contributed by atoms with Crippen LogP contribution in [0.2, 0.25) is 0 Å². The third-order valence-corrected chi connectivity index (χ3v) is 4.21. The molecule has 0 aliphatic carbocycles. The van der Waals surface area contributed by atoms with Crippen molar-refractivity contribution in [3.8, 4) is 0 Å². The van der Waals surface area contributed by atoms with Crippen molar-refractivity contribution in [1.82, 2.24) is 15.2 Å². The number of nitrogens with zero attached hydrogens (tertiary/aromatic N) is 4. The smallest absolute Gasteiger partial charge is 0.268 e. The molecule has 0 saturated heterocycles. The molecular formula is C16H13N5O3S. The predicted octanol–water partition coefficient (Wildman–Crippen LogP) is 2.67. The lowest BCUT2D eigenvalue weighted by atomic mass is 10.1. The van der Waals surface area contributed by atoms with Gasteiger partial charge < -0.3 is 0 Å². The lowest BCUT2D eigenvalue weighted by Gasteiger charge is -2.04. The Morgan fingerprint density at radius 2 is 2.24 bits per heavy atom. The van der Waals surface area contributed by atoms with E-state index in [0.29, 0.717) is 17.0 Å². The minimum absolute atomic E-state index is 0.0269. The molecule has 1 aromatic carbocycles. The van der Waals surface area contributed by atoms with Crippen molar-refractivity contribution < 1.29 is 9.72 Å². The zero-order valence-electron chi connectivity index (χ0n) is 12.9. The Balaban J connectivity index is 1.62. The first kappa shape index (κ1) is 16.5. The van der Waals surface area contributed by atoms with Crippen LogP contribution in [0, 0.1) is 10.1 Å². The quantitative estimate of drug-likeness (QED) is 0.417. The molecule has 3 rings (SSSR count). The maximum Gasteiger partial charge on any atom is 0.324 e. The highest BCUT2D eigenvalue weighted by Gasteiger charge is 2.09. The van der Waals surface area contributed by atoms with Crippen LogP contribution in [-0.4, -0.2) is 26.8 Å². The fourth-order valence-corrected chi connectivity index (χ4v) is 2.81. The molecule has 0 aliphatic rings. The summed E-state index contributed by atoms with van der Waals surface area (Å²) in [5, 5.41) is 18.6. The van der Waals surface area contributed by atoms with E-state index in [0.717, 1.165) is 16.9 Å². The molecule has 0 bridgehead atoms. The van der Waals surface area contributed by atoms with Crippen molar-refractivity contribution in [3.63, 3.8) is 0 Å². The van der Waals surface area contributed by atoms with Gasteiger partial charge in [0.15, 0.2) is 0 Å². The number of benzene rings is 1. The molecule has 3 aromatic rings. The van der Waals surface area contributed by atoms with Gasteiger partial charge >= 0.3 is 5.00 Å². The summed E-state index contributed by atoms with van der Waals surface area (Å²) in [5.41, 5.74) is 3.83. The molecule has 1 N–H and O–H groups in total. The van der Waals surface area contributed by atoms with E-state index in [4.69, 9.17) is 0 Å². The summed E-state index contributed by atoms with van der Waals surface area (Å²) in [7, 11) is 0. The van der Waals surface area contributed by atoms with E-state index in [9.17, 15) is 14.9 Å². The molecule has 0 aliphatic heterocycles. The molecule has 8 nitrogen and oxygen atoms in total. The van der Waals surface area contributed by atoms with Crippen LogP contribution in [-0.2, 0) is 6.54 Å². The maximum atomic E-state index is 12.2. The number of thiophene rings is 1. The van der Waals surface area contributed by atoms with Gasteiger partial charge in [0, 0.05) is 24.0 Å². The first-order chi connectivity index (χ1) is 12.1. The third-order valence-electron chi connectivity index (χ3n) is 3.24. The van der Waals surface area contributed by atoms with E-state index in [1.165, 1.54) is 12.3 Å². The van der Waals surface area contributed by atoms with Gasteiger partial charge in [0.25, 0.3) is 5.91 Å². The SMILES string of the molecule is O=C(N/N=C\c1ccc([N+](=O)[O-])s1)c1cccc(Cn2cccn2)c1. The summed E-state index contributed by atoms with van der Waals surface area (Å²) in [6, 6.07) is 12.0. The van der Waals surface area contributed by atoms with Crippen LogP contribution in [0.3, 0.4) is 0 Å². The highest BCUT2D eigenvalue weighted by atomic mass is 32.1. The minimum atomic E-state index is -0.467. The minimum Gasteiger partial charge on any atom is -0.268 e. The molecule has 2 aromatic heterocycles. The van der Waals surface area contributed by atoms with Gasteiger partial charge in [-0.3, -0.25) is 19.6 Å². The number of hydrogen-bond donors (Lipinski definition) is 1.